The molecule has 0 N–H and O–H groups in total. The van der Waals surface area contributed by atoms with Gasteiger partial charge in [0.2, 0.25) is 0 Å². The molecule has 32 heavy (non-hydrogen) atoms. The van der Waals surface area contributed by atoms with E-state index in [9.17, 15) is 20.2 Å². The summed E-state index contributed by atoms with van der Waals surface area (Å²) in [4.78, 5) is 22.9. The Hall–Kier alpha value is -2.76. The summed E-state index contributed by atoms with van der Waals surface area (Å²) < 4.78 is 0. The summed E-state index contributed by atoms with van der Waals surface area (Å²) in [5, 5.41) is 23.7. The van der Waals surface area contributed by atoms with E-state index in [0.29, 0.717) is 28.7 Å². The number of hydrogen-bond donors (Lipinski definition) is 0. The van der Waals surface area contributed by atoms with Crippen LogP contribution >= 0.6 is 0 Å². The number of benzene rings is 2. The van der Waals surface area contributed by atoms with E-state index in [1.807, 2.05) is 6.92 Å². The van der Waals surface area contributed by atoms with E-state index in [1.165, 1.54) is 44.9 Å². The number of unbranched alkanes of at least 4 members (excludes halogenated alkanes) is 9. The molecule has 0 saturated heterocycles. The first-order valence-corrected chi connectivity index (χ1v) is 11.9. The fraction of sp³-hybridized carbons (Fsp3) is 0.538. The van der Waals surface area contributed by atoms with Crippen LogP contribution < -0.4 is 0 Å². The van der Waals surface area contributed by atoms with Gasteiger partial charge >= 0.3 is 0 Å². The first kappa shape index (κ1) is 25.5. The smallest absolute Gasteiger partial charge is 0.258 e. The minimum Gasteiger partial charge on any atom is -0.258 e. The van der Waals surface area contributed by atoms with E-state index in [-0.39, 0.29) is 16.3 Å². The Balaban J connectivity index is 2.08. The molecule has 0 spiro atoms. The maximum absolute atomic E-state index is 12.0. The molecule has 0 atom stereocenters. The summed E-state index contributed by atoms with van der Waals surface area (Å²) in [6.07, 6.45) is 12.7. The van der Waals surface area contributed by atoms with Crippen molar-refractivity contribution in [2.45, 2.75) is 91.4 Å². The lowest BCUT2D eigenvalue weighted by Crippen LogP contribution is -2.02. The Morgan fingerprint density at radius 1 is 0.688 bits per heavy atom. The molecule has 0 amide bonds. The summed E-state index contributed by atoms with van der Waals surface area (Å²) >= 11 is 0. The number of nitro groups is 2. The molecule has 174 valence electrons. The normalized spacial score (nSPS) is 11.0. The fourth-order valence-corrected chi connectivity index (χ4v) is 4.28. The standard InChI is InChI=1S/C26H36N2O4/c1-4-5-6-7-8-9-10-11-12-13-15-22-16-14-17-23(26(22)28(31)32)24-19-18-20(2)21(3)25(24)27(29)30/h14,16-19H,4-13,15H2,1-3H3. The van der Waals surface area contributed by atoms with Crippen molar-refractivity contribution in [2.24, 2.45) is 0 Å². The summed E-state index contributed by atoms with van der Waals surface area (Å²) in [5.41, 5.74) is 2.58. The maximum Gasteiger partial charge on any atom is 0.280 e. The van der Waals surface area contributed by atoms with Gasteiger partial charge in [-0.1, -0.05) is 82.9 Å². The van der Waals surface area contributed by atoms with Crippen molar-refractivity contribution in [3.05, 3.63) is 67.3 Å². The number of aryl methyl sites for hydroxylation is 2. The van der Waals surface area contributed by atoms with Crippen molar-refractivity contribution in [1.29, 1.82) is 0 Å². The van der Waals surface area contributed by atoms with E-state index in [4.69, 9.17) is 0 Å². The van der Waals surface area contributed by atoms with Crippen LogP contribution in [0.4, 0.5) is 11.4 Å². The SMILES string of the molecule is CCCCCCCCCCCCc1cccc(-c2ccc(C)c(C)c2[N+](=O)[O-])c1[N+](=O)[O-]. The maximum atomic E-state index is 12.0. The van der Waals surface area contributed by atoms with Crippen LogP contribution in [0.2, 0.25) is 0 Å². The van der Waals surface area contributed by atoms with Gasteiger partial charge in [-0.3, -0.25) is 20.2 Å². The first-order valence-electron chi connectivity index (χ1n) is 11.9. The van der Waals surface area contributed by atoms with Gasteiger partial charge in [0.05, 0.1) is 21.0 Å². The average molecular weight is 441 g/mol. The van der Waals surface area contributed by atoms with Gasteiger partial charge in [0.15, 0.2) is 0 Å². The zero-order chi connectivity index (χ0) is 23.5. The van der Waals surface area contributed by atoms with Crippen LogP contribution in [0.25, 0.3) is 11.1 Å². The van der Waals surface area contributed by atoms with Crippen molar-refractivity contribution in [3.8, 4) is 11.1 Å². The lowest BCUT2D eigenvalue weighted by Gasteiger charge is -2.11. The van der Waals surface area contributed by atoms with Crippen LogP contribution in [0, 0.1) is 34.1 Å². The highest BCUT2D eigenvalue weighted by Crippen LogP contribution is 2.40. The van der Waals surface area contributed by atoms with Crippen molar-refractivity contribution >= 4 is 11.4 Å². The lowest BCUT2D eigenvalue weighted by molar-refractivity contribution is -0.387. The molecule has 0 unspecified atom stereocenters. The van der Waals surface area contributed by atoms with Gasteiger partial charge < -0.3 is 0 Å². The number of nitrogens with zero attached hydrogens (tertiary/aromatic N) is 2. The summed E-state index contributed by atoms with van der Waals surface area (Å²) in [5.74, 6) is 0. The van der Waals surface area contributed by atoms with Gasteiger partial charge in [0, 0.05) is 11.1 Å². The predicted octanol–water partition coefficient (Wildman–Crippen LogP) is 8.25. The van der Waals surface area contributed by atoms with Crippen LogP contribution in [0.15, 0.2) is 30.3 Å². The molecule has 0 heterocycles. The number of nitro benzene ring substituents is 2. The zero-order valence-corrected chi connectivity index (χ0v) is 19.7. The lowest BCUT2D eigenvalue weighted by atomic mass is 9.93. The average Bonchev–Trinajstić information content (AvgIpc) is 2.76. The molecule has 0 aliphatic rings. The molecule has 0 bridgehead atoms. The van der Waals surface area contributed by atoms with Gasteiger partial charge in [-0.05, 0) is 44.4 Å². The molecule has 0 aliphatic carbocycles. The van der Waals surface area contributed by atoms with Crippen molar-refractivity contribution in [1.82, 2.24) is 0 Å². The largest absolute Gasteiger partial charge is 0.280 e. The Labute approximate surface area is 191 Å². The number of rotatable bonds is 14. The van der Waals surface area contributed by atoms with Crippen LogP contribution in [0.1, 0.15) is 87.8 Å². The monoisotopic (exact) mass is 440 g/mol. The number of para-hydroxylation sites is 1. The summed E-state index contributed by atoms with van der Waals surface area (Å²) in [6, 6.07) is 8.59. The van der Waals surface area contributed by atoms with E-state index >= 15 is 0 Å². The predicted molar refractivity (Wildman–Crippen MR) is 130 cm³/mol. The topological polar surface area (TPSA) is 86.3 Å². The van der Waals surface area contributed by atoms with Crippen LogP contribution in [0.3, 0.4) is 0 Å². The molecule has 0 saturated carbocycles. The second-order valence-corrected chi connectivity index (χ2v) is 8.66. The first-order chi connectivity index (χ1) is 15.4. The Bertz CT molecular complexity index is 924. The quantitative estimate of drug-likeness (QED) is 0.168. The van der Waals surface area contributed by atoms with Crippen molar-refractivity contribution in [2.75, 3.05) is 0 Å². The van der Waals surface area contributed by atoms with Crippen molar-refractivity contribution < 1.29 is 9.85 Å². The molecular weight excluding hydrogens is 404 g/mol. The van der Waals surface area contributed by atoms with Gasteiger partial charge in [-0.15, -0.1) is 0 Å². The Morgan fingerprint density at radius 2 is 1.22 bits per heavy atom. The third-order valence-electron chi connectivity index (χ3n) is 6.28. The molecule has 0 aromatic heterocycles. The molecule has 0 fully saturated rings. The van der Waals surface area contributed by atoms with Gasteiger partial charge in [-0.2, -0.15) is 0 Å². The van der Waals surface area contributed by atoms with E-state index < -0.39 is 4.92 Å². The molecule has 0 radical (unpaired) electrons. The van der Waals surface area contributed by atoms with Crippen LogP contribution in [-0.2, 0) is 6.42 Å². The Kier molecular flexibility index (Phi) is 10.3. The zero-order valence-electron chi connectivity index (χ0n) is 19.7. The Morgan fingerprint density at radius 3 is 1.78 bits per heavy atom. The molecule has 2 aromatic carbocycles. The minimum atomic E-state index is -0.434. The van der Waals surface area contributed by atoms with E-state index in [2.05, 4.69) is 6.92 Å². The summed E-state index contributed by atoms with van der Waals surface area (Å²) in [7, 11) is 0. The minimum absolute atomic E-state index is 0.00484. The van der Waals surface area contributed by atoms with Crippen LogP contribution in [-0.4, -0.2) is 9.85 Å². The molecular formula is C26H36N2O4. The van der Waals surface area contributed by atoms with Gasteiger partial charge in [0.1, 0.15) is 0 Å². The molecule has 0 aliphatic heterocycles. The molecule has 6 nitrogen and oxygen atoms in total. The third-order valence-corrected chi connectivity index (χ3v) is 6.28. The highest BCUT2D eigenvalue weighted by molar-refractivity contribution is 5.83. The van der Waals surface area contributed by atoms with E-state index in [1.54, 1.807) is 37.3 Å². The second-order valence-electron chi connectivity index (χ2n) is 8.66. The van der Waals surface area contributed by atoms with E-state index in [0.717, 1.165) is 24.8 Å². The summed E-state index contributed by atoms with van der Waals surface area (Å²) in [6.45, 7) is 5.72. The second kappa shape index (κ2) is 12.9. The van der Waals surface area contributed by atoms with Crippen LogP contribution in [0.5, 0.6) is 0 Å². The highest BCUT2D eigenvalue weighted by Gasteiger charge is 2.27. The third kappa shape index (κ3) is 6.87. The molecule has 6 heteroatoms. The number of hydrogen-bond acceptors (Lipinski definition) is 4. The van der Waals surface area contributed by atoms with Gasteiger partial charge in [-0.25, -0.2) is 0 Å². The molecule has 2 rings (SSSR count). The fourth-order valence-electron chi connectivity index (χ4n) is 4.28. The van der Waals surface area contributed by atoms with Crippen molar-refractivity contribution in [3.63, 3.8) is 0 Å². The highest BCUT2D eigenvalue weighted by atomic mass is 16.6. The molecule has 2 aromatic rings. The van der Waals surface area contributed by atoms with Gasteiger partial charge in [0.25, 0.3) is 11.4 Å².